The van der Waals surface area contributed by atoms with Crippen molar-refractivity contribution in [2.24, 2.45) is 5.41 Å². The molecular formula is C11H20N2O. The van der Waals surface area contributed by atoms with Crippen LogP contribution < -0.4 is 5.32 Å². The highest BCUT2D eigenvalue weighted by atomic mass is 16.3. The monoisotopic (exact) mass is 196 g/mol. The van der Waals surface area contributed by atoms with E-state index in [1.54, 1.807) is 0 Å². The summed E-state index contributed by atoms with van der Waals surface area (Å²) in [6.45, 7) is 3.88. The molecule has 2 aliphatic heterocycles. The van der Waals surface area contributed by atoms with Crippen LogP contribution in [0.25, 0.3) is 0 Å². The van der Waals surface area contributed by atoms with Crippen LogP contribution in [0, 0.1) is 5.41 Å². The van der Waals surface area contributed by atoms with Gasteiger partial charge in [0.25, 0.3) is 0 Å². The molecule has 3 rings (SSSR count). The Morgan fingerprint density at radius 1 is 1.21 bits per heavy atom. The fourth-order valence-electron chi connectivity index (χ4n) is 3.06. The summed E-state index contributed by atoms with van der Waals surface area (Å²) in [5.74, 6) is 0. The number of aliphatic hydroxyl groups excluding tert-OH is 1. The Kier molecular flexibility index (Phi) is 2.08. The van der Waals surface area contributed by atoms with Gasteiger partial charge >= 0.3 is 0 Å². The van der Waals surface area contributed by atoms with E-state index in [9.17, 15) is 5.11 Å². The Bertz CT molecular complexity index is 211. The molecule has 2 N–H and O–H groups in total. The summed E-state index contributed by atoms with van der Waals surface area (Å²) < 4.78 is 0. The first-order valence-electron chi connectivity index (χ1n) is 5.90. The van der Waals surface area contributed by atoms with E-state index in [1.165, 1.54) is 25.7 Å². The average Bonchev–Trinajstić information content (AvgIpc) is 2.93. The van der Waals surface area contributed by atoms with Crippen molar-refractivity contribution in [1.82, 2.24) is 10.2 Å². The van der Waals surface area contributed by atoms with Crippen molar-refractivity contribution in [3.8, 4) is 0 Å². The number of aliphatic hydroxyl groups is 1. The quantitative estimate of drug-likeness (QED) is 0.676. The minimum atomic E-state index is 0.304. The van der Waals surface area contributed by atoms with E-state index in [0.29, 0.717) is 12.0 Å². The van der Waals surface area contributed by atoms with E-state index in [1.807, 2.05) is 0 Å². The van der Waals surface area contributed by atoms with Gasteiger partial charge in [0, 0.05) is 43.7 Å². The number of nitrogens with zero attached hydrogens (tertiary/aromatic N) is 1. The molecule has 0 radical (unpaired) electrons. The van der Waals surface area contributed by atoms with E-state index in [2.05, 4.69) is 10.2 Å². The lowest BCUT2D eigenvalue weighted by Crippen LogP contribution is -2.53. The minimum Gasteiger partial charge on any atom is -0.396 e. The molecule has 2 heterocycles. The molecule has 2 atom stereocenters. The zero-order valence-corrected chi connectivity index (χ0v) is 8.71. The van der Waals surface area contributed by atoms with E-state index < -0.39 is 0 Å². The van der Waals surface area contributed by atoms with E-state index >= 15 is 0 Å². The van der Waals surface area contributed by atoms with Crippen molar-refractivity contribution < 1.29 is 5.11 Å². The minimum absolute atomic E-state index is 0.304. The molecule has 0 spiro atoms. The maximum Gasteiger partial charge on any atom is 0.0499 e. The lowest BCUT2D eigenvalue weighted by Gasteiger charge is -2.37. The van der Waals surface area contributed by atoms with Crippen molar-refractivity contribution >= 4 is 0 Å². The van der Waals surface area contributed by atoms with Crippen molar-refractivity contribution in [2.75, 3.05) is 26.2 Å². The zero-order valence-electron chi connectivity index (χ0n) is 8.71. The van der Waals surface area contributed by atoms with Crippen LogP contribution in [0.4, 0.5) is 0 Å². The van der Waals surface area contributed by atoms with Gasteiger partial charge in [-0.15, -0.1) is 0 Å². The highest BCUT2D eigenvalue weighted by molar-refractivity contribution is 5.02. The summed E-state index contributed by atoms with van der Waals surface area (Å²) in [7, 11) is 0. The van der Waals surface area contributed by atoms with Crippen molar-refractivity contribution in [1.29, 1.82) is 0 Å². The third-order valence-electron chi connectivity index (χ3n) is 4.34. The fourth-order valence-corrected chi connectivity index (χ4v) is 3.06. The second kappa shape index (κ2) is 3.19. The van der Waals surface area contributed by atoms with Gasteiger partial charge in [0.1, 0.15) is 0 Å². The normalized spacial score (nSPS) is 40.1. The number of fused-ring (bicyclic) bond motifs is 2. The Balaban J connectivity index is 1.67. The predicted molar refractivity (Wildman–Crippen MR) is 55.1 cm³/mol. The molecule has 3 nitrogen and oxygen atoms in total. The number of piperazine rings is 1. The second-order valence-electron chi connectivity index (χ2n) is 5.37. The number of rotatable bonds is 3. The lowest BCUT2D eigenvalue weighted by atomic mass is 10.1. The Morgan fingerprint density at radius 2 is 1.86 bits per heavy atom. The van der Waals surface area contributed by atoms with Gasteiger partial charge in [0.15, 0.2) is 0 Å². The summed E-state index contributed by atoms with van der Waals surface area (Å²) in [6.07, 6.45) is 5.21. The Labute approximate surface area is 85.5 Å². The first-order valence-corrected chi connectivity index (χ1v) is 5.90. The molecule has 3 heteroatoms. The second-order valence-corrected chi connectivity index (χ2v) is 5.37. The van der Waals surface area contributed by atoms with Crippen molar-refractivity contribution in [3.63, 3.8) is 0 Å². The van der Waals surface area contributed by atoms with Crippen molar-refractivity contribution in [3.05, 3.63) is 0 Å². The predicted octanol–water partition coefficient (Wildman–Crippen LogP) is 0.195. The number of hydrogen-bond donors (Lipinski definition) is 2. The molecule has 2 bridgehead atoms. The highest BCUT2D eigenvalue weighted by Crippen LogP contribution is 2.47. The van der Waals surface area contributed by atoms with Crippen LogP contribution >= 0.6 is 0 Å². The molecule has 1 aliphatic carbocycles. The SMILES string of the molecule is OCC1(CN2C3CCC2CNC3)CC1. The molecule has 2 saturated heterocycles. The smallest absolute Gasteiger partial charge is 0.0499 e. The maximum atomic E-state index is 9.34. The van der Waals surface area contributed by atoms with Gasteiger partial charge in [-0.1, -0.05) is 0 Å². The average molecular weight is 196 g/mol. The highest BCUT2D eigenvalue weighted by Gasteiger charge is 2.47. The van der Waals surface area contributed by atoms with Gasteiger partial charge in [-0.3, -0.25) is 4.90 Å². The molecule has 0 aromatic rings. The van der Waals surface area contributed by atoms with Crippen LogP contribution in [-0.4, -0.2) is 48.3 Å². The van der Waals surface area contributed by atoms with Crippen LogP contribution in [-0.2, 0) is 0 Å². The number of nitrogens with one attached hydrogen (secondary N) is 1. The molecule has 0 amide bonds. The Hall–Kier alpha value is -0.120. The third-order valence-corrected chi connectivity index (χ3v) is 4.34. The van der Waals surface area contributed by atoms with Crippen LogP contribution in [0.2, 0.25) is 0 Å². The van der Waals surface area contributed by atoms with Gasteiger partial charge in [-0.2, -0.15) is 0 Å². The van der Waals surface area contributed by atoms with Crippen LogP contribution in [0.15, 0.2) is 0 Å². The fraction of sp³-hybridized carbons (Fsp3) is 1.00. The van der Waals surface area contributed by atoms with Gasteiger partial charge in [0.2, 0.25) is 0 Å². The summed E-state index contributed by atoms with van der Waals surface area (Å²) in [5.41, 5.74) is 0.304. The molecule has 0 aromatic heterocycles. The summed E-state index contributed by atoms with van der Waals surface area (Å²) in [6, 6.07) is 1.52. The molecule has 0 aromatic carbocycles. The van der Waals surface area contributed by atoms with Gasteiger partial charge in [-0.05, 0) is 25.7 Å². The summed E-state index contributed by atoms with van der Waals surface area (Å²) in [5, 5.41) is 12.8. The standard InChI is InChI=1S/C11H20N2O/c14-8-11(3-4-11)7-13-9-1-2-10(13)6-12-5-9/h9-10,12,14H,1-8H2. The molecule has 80 valence electrons. The van der Waals surface area contributed by atoms with Gasteiger partial charge in [0.05, 0.1) is 0 Å². The lowest BCUT2D eigenvalue weighted by molar-refractivity contribution is 0.0932. The van der Waals surface area contributed by atoms with E-state index in [0.717, 1.165) is 31.7 Å². The summed E-state index contributed by atoms with van der Waals surface area (Å²) >= 11 is 0. The number of hydrogen-bond acceptors (Lipinski definition) is 3. The Morgan fingerprint density at radius 3 is 2.36 bits per heavy atom. The molecule has 2 unspecified atom stereocenters. The largest absolute Gasteiger partial charge is 0.396 e. The van der Waals surface area contributed by atoms with Gasteiger partial charge < -0.3 is 10.4 Å². The van der Waals surface area contributed by atoms with Crippen LogP contribution in [0.3, 0.4) is 0 Å². The summed E-state index contributed by atoms with van der Waals surface area (Å²) in [4.78, 5) is 2.67. The molecular weight excluding hydrogens is 176 g/mol. The first-order chi connectivity index (χ1) is 6.83. The first kappa shape index (κ1) is 9.13. The molecule has 14 heavy (non-hydrogen) atoms. The topological polar surface area (TPSA) is 35.5 Å². The third kappa shape index (κ3) is 1.38. The van der Waals surface area contributed by atoms with Gasteiger partial charge in [-0.25, -0.2) is 0 Å². The molecule has 3 aliphatic rings. The molecule has 3 fully saturated rings. The van der Waals surface area contributed by atoms with Crippen molar-refractivity contribution in [2.45, 2.75) is 37.8 Å². The van der Waals surface area contributed by atoms with E-state index in [-0.39, 0.29) is 0 Å². The van der Waals surface area contributed by atoms with Crippen LogP contribution in [0.1, 0.15) is 25.7 Å². The van der Waals surface area contributed by atoms with Crippen LogP contribution in [0.5, 0.6) is 0 Å². The maximum absolute atomic E-state index is 9.34. The van der Waals surface area contributed by atoms with E-state index in [4.69, 9.17) is 0 Å². The zero-order chi connectivity index (χ0) is 9.60. The molecule has 1 saturated carbocycles.